The molecule has 3 aromatic rings. The third-order valence-electron chi connectivity index (χ3n) is 6.26. The van der Waals surface area contributed by atoms with Crippen LogP contribution >= 0.6 is 22.9 Å². The zero-order chi connectivity index (χ0) is 25.3. The van der Waals surface area contributed by atoms with Gasteiger partial charge in [-0.15, -0.1) is 11.3 Å². The number of likely N-dealkylation sites (tertiary alicyclic amines) is 1. The van der Waals surface area contributed by atoms with Crippen molar-refractivity contribution in [1.29, 1.82) is 0 Å². The highest BCUT2D eigenvalue weighted by atomic mass is 35.5. The molecule has 5 rings (SSSR count). The summed E-state index contributed by atoms with van der Waals surface area (Å²) in [5.41, 5.74) is 2.79. The van der Waals surface area contributed by atoms with E-state index in [2.05, 4.69) is 32.1 Å². The number of benzene rings is 1. The van der Waals surface area contributed by atoms with Crippen LogP contribution in [0.1, 0.15) is 29.8 Å². The van der Waals surface area contributed by atoms with Crippen molar-refractivity contribution in [3.63, 3.8) is 0 Å². The van der Waals surface area contributed by atoms with Crippen LogP contribution < -0.4 is 10.2 Å². The second kappa shape index (κ2) is 12.8. The molecule has 2 aliphatic heterocycles. The molecule has 2 saturated heterocycles. The second-order valence-corrected chi connectivity index (χ2v) is 10.1. The van der Waals surface area contributed by atoms with Gasteiger partial charge in [0.15, 0.2) is 5.13 Å². The summed E-state index contributed by atoms with van der Waals surface area (Å²) in [7, 11) is 2.19. The Balaban J connectivity index is 0.000000375. The molecule has 8 nitrogen and oxygen atoms in total. The minimum Gasteiger partial charge on any atom is -0.367 e. The maximum atomic E-state index is 12.5. The van der Waals surface area contributed by atoms with Gasteiger partial charge in [-0.05, 0) is 51.2 Å². The average molecular weight is 527 g/mol. The molecule has 0 bridgehead atoms. The van der Waals surface area contributed by atoms with E-state index in [1.54, 1.807) is 23.2 Å². The molecule has 36 heavy (non-hydrogen) atoms. The number of halogens is 1. The van der Waals surface area contributed by atoms with Crippen molar-refractivity contribution in [2.45, 2.75) is 19.3 Å². The van der Waals surface area contributed by atoms with Gasteiger partial charge < -0.3 is 14.7 Å². The zero-order valence-electron chi connectivity index (χ0n) is 20.4. The second-order valence-electron chi connectivity index (χ2n) is 8.87. The first-order valence-electron chi connectivity index (χ1n) is 12.1. The largest absolute Gasteiger partial charge is 0.367 e. The van der Waals surface area contributed by atoms with Crippen LogP contribution in [-0.4, -0.2) is 78.4 Å². The summed E-state index contributed by atoms with van der Waals surface area (Å²) in [6.07, 6.45) is 6.83. The SMILES string of the molecule is CN1CCCCC1.O=CN1CCN(c2ccc(C(=O)Nc3nc(-c4ccccc4Cl)cs3)nc2)CC1. The lowest BCUT2D eigenvalue weighted by molar-refractivity contribution is -0.118. The number of nitrogens with one attached hydrogen (secondary N) is 1. The standard InChI is InChI=1S/C20H18ClN5O2S.C6H13N/c21-16-4-2-1-3-15(16)18-12-29-20(23-18)24-19(28)17-6-5-14(11-22-17)26-9-7-25(13-27)8-10-26;1-7-5-3-2-4-6-7/h1-6,11-13H,7-10H2,(H,23,24,28);2-6H2,1H3. The van der Waals surface area contributed by atoms with Crippen LogP contribution in [-0.2, 0) is 4.79 Å². The van der Waals surface area contributed by atoms with E-state index >= 15 is 0 Å². The van der Waals surface area contributed by atoms with E-state index in [1.165, 1.54) is 43.7 Å². The molecule has 4 heterocycles. The van der Waals surface area contributed by atoms with Crippen molar-refractivity contribution in [2.24, 2.45) is 0 Å². The lowest BCUT2D eigenvalue weighted by Gasteiger charge is -2.33. The Morgan fingerprint density at radius 2 is 1.78 bits per heavy atom. The van der Waals surface area contributed by atoms with Crippen molar-refractivity contribution in [3.05, 3.63) is 58.7 Å². The number of piperidine rings is 1. The normalized spacial score (nSPS) is 16.2. The van der Waals surface area contributed by atoms with Crippen molar-refractivity contribution in [3.8, 4) is 11.3 Å². The van der Waals surface area contributed by atoms with Gasteiger partial charge in [-0.1, -0.05) is 36.2 Å². The molecule has 0 spiro atoms. The van der Waals surface area contributed by atoms with Crippen molar-refractivity contribution < 1.29 is 9.59 Å². The van der Waals surface area contributed by atoms with Crippen LogP contribution in [0.5, 0.6) is 0 Å². The van der Waals surface area contributed by atoms with Gasteiger partial charge in [-0.25, -0.2) is 9.97 Å². The Kier molecular flexibility index (Phi) is 9.27. The summed E-state index contributed by atoms with van der Waals surface area (Å²) in [5.74, 6) is -0.317. The zero-order valence-corrected chi connectivity index (χ0v) is 22.0. The summed E-state index contributed by atoms with van der Waals surface area (Å²) in [4.78, 5) is 38.3. The maximum absolute atomic E-state index is 12.5. The number of piperazine rings is 1. The van der Waals surface area contributed by atoms with E-state index in [9.17, 15) is 9.59 Å². The topological polar surface area (TPSA) is 81.7 Å². The molecular formula is C26H31ClN6O2S. The third-order valence-corrected chi connectivity index (χ3v) is 7.35. The van der Waals surface area contributed by atoms with E-state index in [0.29, 0.717) is 34.6 Å². The predicted molar refractivity (Wildman–Crippen MR) is 146 cm³/mol. The number of thiazole rings is 1. The van der Waals surface area contributed by atoms with Gasteiger partial charge in [0.05, 0.1) is 17.6 Å². The average Bonchev–Trinajstić information content (AvgIpc) is 3.38. The predicted octanol–water partition coefficient (Wildman–Crippen LogP) is 4.49. The summed E-state index contributed by atoms with van der Waals surface area (Å²) < 4.78 is 0. The molecule has 1 N–H and O–H groups in total. The Labute approximate surface area is 220 Å². The number of hydrogen-bond acceptors (Lipinski definition) is 7. The van der Waals surface area contributed by atoms with E-state index < -0.39 is 0 Å². The summed E-state index contributed by atoms with van der Waals surface area (Å²) in [6, 6.07) is 11.0. The molecule has 2 aliphatic rings. The van der Waals surface area contributed by atoms with Crippen LogP contribution in [0.3, 0.4) is 0 Å². The number of amides is 2. The molecular weight excluding hydrogens is 496 g/mol. The number of nitrogens with zero attached hydrogens (tertiary/aromatic N) is 5. The van der Waals surface area contributed by atoms with Crippen LogP contribution in [0.2, 0.25) is 5.02 Å². The molecule has 2 fully saturated rings. The van der Waals surface area contributed by atoms with Crippen molar-refractivity contribution in [1.82, 2.24) is 19.8 Å². The number of anilines is 2. The molecule has 190 valence electrons. The summed E-state index contributed by atoms with van der Waals surface area (Å²) in [5, 5.41) is 5.74. The van der Waals surface area contributed by atoms with E-state index in [1.807, 2.05) is 29.6 Å². The minimum atomic E-state index is -0.317. The summed E-state index contributed by atoms with van der Waals surface area (Å²) in [6.45, 7) is 5.50. The van der Waals surface area contributed by atoms with E-state index in [4.69, 9.17) is 11.6 Å². The third kappa shape index (κ3) is 7.02. The Morgan fingerprint density at radius 3 is 2.39 bits per heavy atom. The van der Waals surface area contributed by atoms with Gasteiger partial charge >= 0.3 is 0 Å². The quantitative estimate of drug-likeness (QED) is 0.493. The summed E-state index contributed by atoms with van der Waals surface area (Å²) >= 11 is 7.54. The van der Waals surface area contributed by atoms with Gasteiger partial charge in [0.1, 0.15) is 5.69 Å². The molecule has 0 saturated carbocycles. The number of rotatable bonds is 5. The Hall–Kier alpha value is -3.01. The van der Waals surface area contributed by atoms with Crippen molar-refractivity contribution >= 4 is 46.1 Å². The Bertz CT molecular complexity index is 1140. The molecule has 2 amide bonds. The minimum absolute atomic E-state index is 0.315. The molecule has 0 radical (unpaired) electrons. The van der Waals surface area contributed by atoms with Crippen LogP contribution in [0.4, 0.5) is 10.8 Å². The smallest absolute Gasteiger partial charge is 0.276 e. The fourth-order valence-corrected chi connectivity index (χ4v) is 5.07. The lowest BCUT2D eigenvalue weighted by atomic mass is 10.1. The molecule has 0 unspecified atom stereocenters. The first-order chi connectivity index (χ1) is 17.5. The highest BCUT2D eigenvalue weighted by molar-refractivity contribution is 7.14. The number of aromatic nitrogens is 2. The highest BCUT2D eigenvalue weighted by Crippen LogP contribution is 2.30. The number of hydrogen-bond donors (Lipinski definition) is 1. The van der Waals surface area contributed by atoms with Crippen LogP contribution in [0.25, 0.3) is 11.3 Å². The maximum Gasteiger partial charge on any atom is 0.276 e. The molecule has 0 aliphatic carbocycles. The van der Waals surface area contributed by atoms with Crippen molar-refractivity contribution in [2.75, 3.05) is 56.5 Å². The van der Waals surface area contributed by atoms with Gasteiger partial charge in [-0.3, -0.25) is 14.9 Å². The van der Waals surface area contributed by atoms with Gasteiger partial charge in [0.25, 0.3) is 5.91 Å². The fraction of sp³-hybridized carbons (Fsp3) is 0.385. The molecule has 1 aromatic carbocycles. The molecule has 0 atom stereocenters. The highest BCUT2D eigenvalue weighted by Gasteiger charge is 2.17. The first-order valence-corrected chi connectivity index (χ1v) is 13.4. The van der Waals surface area contributed by atoms with Crippen LogP contribution in [0, 0.1) is 0 Å². The van der Waals surface area contributed by atoms with Gasteiger partial charge in [-0.2, -0.15) is 0 Å². The Morgan fingerprint density at radius 1 is 1.03 bits per heavy atom. The van der Waals surface area contributed by atoms with E-state index in [0.717, 1.165) is 30.8 Å². The number of carbonyl (C=O) groups excluding carboxylic acids is 2. The van der Waals surface area contributed by atoms with Crippen LogP contribution in [0.15, 0.2) is 48.0 Å². The van der Waals surface area contributed by atoms with Gasteiger partial charge in [0.2, 0.25) is 6.41 Å². The molecule has 2 aromatic heterocycles. The first kappa shape index (κ1) is 26.1. The lowest BCUT2D eigenvalue weighted by Crippen LogP contribution is -2.45. The number of pyridine rings is 1. The van der Waals surface area contributed by atoms with Gasteiger partial charge in [0, 0.05) is 42.1 Å². The molecule has 10 heteroatoms. The van der Waals surface area contributed by atoms with E-state index in [-0.39, 0.29) is 5.91 Å². The number of carbonyl (C=O) groups is 2. The monoisotopic (exact) mass is 526 g/mol. The fourth-order valence-electron chi connectivity index (χ4n) is 4.13.